The third kappa shape index (κ3) is 2.33. The van der Waals surface area contributed by atoms with Gasteiger partial charge in [-0.25, -0.2) is 0 Å². The Labute approximate surface area is 97.0 Å². The average molecular weight is 235 g/mol. The van der Waals surface area contributed by atoms with Gasteiger partial charge in [0.15, 0.2) is 0 Å². The fourth-order valence-corrected chi connectivity index (χ4v) is 1.38. The topological polar surface area (TPSA) is 59.0 Å². The van der Waals surface area contributed by atoms with E-state index in [-0.39, 0.29) is 0 Å². The van der Waals surface area contributed by atoms with Crippen molar-refractivity contribution in [2.75, 3.05) is 0 Å². The van der Waals surface area contributed by atoms with E-state index in [2.05, 4.69) is 9.68 Å². The summed E-state index contributed by atoms with van der Waals surface area (Å²) in [6.45, 7) is 0.328. The molecule has 1 aromatic carbocycles. The quantitative estimate of drug-likeness (QED) is 0.819. The first-order valence-corrected chi connectivity index (χ1v) is 4.88. The van der Waals surface area contributed by atoms with Crippen LogP contribution in [0.3, 0.4) is 0 Å². The van der Waals surface area contributed by atoms with E-state index < -0.39 is 0 Å². The molecule has 1 heterocycles. The summed E-state index contributed by atoms with van der Waals surface area (Å²) in [6.07, 6.45) is 3.06. The summed E-state index contributed by atoms with van der Waals surface area (Å²) >= 11 is 5.93. The van der Waals surface area contributed by atoms with E-state index in [0.29, 0.717) is 22.9 Å². The summed E-state index contributed by atoms with van der Waals surface area (Å²) in [6, 6.07) is 6.87. The Bertz CT molecular complexity index is 517. The lowest BCUT2D eigenvalue weighted by molar-refractivity contribution is 0.304. The first-order valence-electron chi connectivity index (χ1n) is 4.50. The Kier molecular flexibility index (Phi) is 3.08. The van der Waals surface area contributed by atoms with E-state index in [1.54, 1.807) is 24.4 Å². The van der Waals surface area contributed by atoms with Gasteiger partial charge in [-0.15, -0.1) is 0 Å². The third-order valence-corrected chi connectivity index (χ3v) is 2.23. The van der Waals surface area contributed by atoms with Gasteiger partial charge in [0.1, 0.15) is 18.6 Å². The second-order valence-electron chi connectivity index (χ2n) is 3.08. The first-order chi connectivity index (χ1) is 7.79. The van der Waals surface area contributed by atoms with Gasteiger partial charge in [0.25, 0.3) is 0 Å². The number of aromatic nitrogens is 1. The van der Waals surface area contributed by atoms with Gasteiger partial charge in [-0.05, 0) is 18.2 Å². The molecule has 0 bridgehead atoms. The number of ether oxygens (including phenoxy) is 1. The molecular formula is C11H7ClN2O2. The molecular weight excluding hydrogens is 228 g/mol. The normalized spacial score (nSPS) is 9.75. The summed E-state index contributed by atoms with van der Waals surface area (Å²) in [4.78, 5) is 0. The molecule has 0 aliphatic heterocycles. The lowest BCUT2D eigenvalue weighted by Gasteiger charge is -2.06. The Hall–Kier alpha value is -1.99. The van der Waals surface area contributed by atoms with Crippen molar-refractivity contribution in [1.82, 2.24) is 5.16 Å². The molecule has 4 nitrogen and oxygen atoms in total. The highest BCUT2D eigenvalue weighted by Crippen LogP contribution is 2.25. The van der Waals surface area contributed by atoms with E-state index in [1.807, 2.05) is 6.07 Å². The van der Waals surface area contributed by atoms with Crippen LogP contribution in [-0.4, -0.2) is 5.16 Å². The van der Waals surface area contributed by atoms with Crippen LogP contribution < -0.4 is 4.74 Å². The first kappa shape index (κ1) is 10.5. The summed E-state index contributed by atoms with van der Waals surface area (Å²) < 4.78 is 10.1. The number of nitrogens with zero attached hydrogens (tertiary/aromatic N) is 2. The number of hydrogen-bond acceptors (Lipinski definition) is 4. The Balaban J connectivity index is 2.08. The van der Waals surface area contributed by atoms with Gasteiger partial charge >= 0.3 is 0 Å². The second kappa shape index (κ2) is 4.69. The molecule has 0 unspecified atom stereocenters. The van der Waals surface area contributed by atoms with Crippen molar-refractivity contribution in [1.29, 1.82) is 5.26 Å². The molecule has 0 amide bonds. The molecule has 0 saturated heterocycles. The van der Waals surface area contributed by atoms with Gasteiger partial charge in [-0.3, -0.25) is 0 Å². The van der Waals surface area contributed by atoms with Crippen molar-refractivity contribution in [3.63, 3.8) is 0 Å². The number of hydrogen-bond donors (Lipinski definition) is 0. The van der Waals surface area contributed by atoms with Crippen LogP contribution in [0.25, 0.3) is 0 Å². The Morgan fingerprint density at radius 2 is 2.38 bits per heavy atom. The van der Waals surface area contributed by atoms with Crippen molar-refractivity contribution < 1.29 is 9.26 Å². The van der Waals surface area contributed by atoms with Gasteiger partial charge in [0, 0.05) is 5.56 Å². The van der Waals surface area contributed by atoms with Gasteiger partial charge in [-0.2, -0.15) is 5.26 Å². The van der Waals surface area contributed by atoms with Crippen molar-refractivity contribution in [3.05, 3.63) is 46.8 Å². The number of rotatable bonds is 3. The third-order valence-electron chi connectivity index (χ3n) is 1.94. The zero-order valence-electron chi connectivity index (χ0n) is 8.18. The predicted molar refractivity (Wildman–Crippen MR) is 57.0 cm³/mol. The second-order valence-corrected chi connectivity index (χ2v) is 3.49. The van der Waals surface area contributed by atoms with E-state index >= 15 is 0 Å². The minimum Gasteiger partial charge on any atom is -0.487 e. The monoisotopic (exact) mass is 234 g/mol. The summed E-state index contributed by atoms with van der Waals surface area (Å²) in [5.74, 6) is 0.530. The van der Waals surface area contributed by atoms with Crippen LogP contribution in [0.15, 0.2) is 35.2 Å². The molecule has 2 aromatic rings. The fourth-order valence-electron chi connectivity index (χ4n) is 1.15. The molecule has 80 valence electrons. The zero-order chi connectivity index (χ0) is 11.4. The van der Waals surface area contributed by atoms with Crippen LogP contribution in [0, 0.1) is 11.3 Å². The molecule has 0 spiro atoms. The molecule has 1 aromatic heterocycles. The van der Waals surface area contributed by atoms with Crippen molar-refractivity contribution >= 4 is 11.6 Å². The molecule has 0 aliphatic rings. The maximum absolute atomic E-state index is 8.66. The minimum atomic E-state index is 0.328. The molecule has 0 saturated carbocycles. The van der Waals surface area contributed by atoms with Gasteiger partial charge in [0.05, 0.1) is 22.9 Å². The van der Waals surface area contributed by atoms with Crippen LogP contribution in [0.2, 0.25) is 5.02 Å². The van der Waals surface area contributed by atoms with Crippen molar-refractivity contribution in [2.24, 2.45) is 0 Å². The van der Waals surface area contributed by atoms with Gasteiger partial charge < -0.3 is 9.26 Å². The Morgan fingerprint density at radius 3 is 3.00 bits per heavy atom. The Morgan fingerprint density at radius 1 is 1.50 bits per heavy atom. The van der Waals surface area contributed by atoms with E-state index in [1.165, 1.54) is 6.26 Å². The summed E-state index contributed by atoms with van der Waals surface area (Å²) in [7, 11) is 0. The predicted octanol–water partition coefficient (Wildman–Crippen LogP) is 2.78. The number of halogens is 1. The van der Waals surface area contributed by atoms with Crippen LogP contribution in [0.1, 0.15) is 11.1 Å². The maximum Gasteiger partial charge on any atom is 0.138 e. The van der Waals surface area contributed by atoms with Crippen molar-refractivity contribution in [3.8, 4) is 11.8 Å². The summed E-state index contributed by atoms with van der Waals surface area (Å²) in [5, 5.41) is 12.6. The molecule has 5 heteroatoms. The highest BCUT2D eigenvalue weighted by Gasteiger charge is 2.04. The highest BCUT2D eigenvalue weighted by atomic mass is 35.5. The molecule has 2 rings (SSSR count). The molecule has 0 fully saturated rings. The SMILES string of the molecule is N#Cc1ccc(OCc2cnoc2)c(Cl)c1. The lowest BCUT2D eigenvalue weighted by Crippen LogP contribution is -1.94. The molecule has 0 aliphatic carbocycles. The lowest BCUT2D eigenvalue weighted by atomic mass is 10.2. The highest BCUT2D eigenvalue weighted by molar-refractivity contribution is 6.32. The van der Waals surface area contributed by atoms with Gasteiger partial charge in [0.2, 0.25) is 0 Å². The van der Waals surface area contributed by atoms with E-state index in [0.717, 1.165) is 5.56 Å². The minimum absolute atomic E-state index is 0.328. The van der Waals surface area contributed by atoms with E-state index in [9.17, 15) is 0 Å². The van der Waals surface area contributed by atoms with E-state index in [4.69, 9.17) is 21.6 Å². The number of nitriles is 1. The maximum atomic E-state index is 8.66. The smallest absolute Gasteiger partial charge is 0.138 e. The molecule has 0 atom stereocenters. The molecule has 16 heavy (non-hydrogen) atoms. The van der Waals surface area contributed by atoms with Crippen LogP contribution in [-0.2, 0) is 6.61 Å². The van der Waals surface area contributed by atoms with Crippen LogP contribution in [0.4, 0.5) is 0 Å². The largest absolute Gasteiger partial charge is 0.487 e. The zero-order valence-corrected chi connectivity index (χ0v) is 8.94. The fraction of sp³-hybridized carbons (Fsp3) is 0.0909. The standard InChI is InChI=1S/C11H7ClN2O2/c12-10-3-8(4-13)1-2-11(10)15-6-9-5-14-16-7-9/h1-3,5,7H,6H2. The number of benzene rings is 1. The molecule has 0 N–H and O–H groups in total. The van der Waals surface area contributed by atoms with Crippen LogP contribution in [0.5, 0.6) is 5.75 Å². The van der Waals surface area contributed by atoms with Crippen LogP contribution >= 0.6 is 11.6 Å². The molecule has 0 radical (unpaired) electrons. The average Bonchev–Trinajstić information content (AvgIpc) is 2.80. The van der Waals surface area contributed by atoms with Crippen molar-refractivity contribution in [2.45, 2.75) is 6.61 Å². The van der Waals surface area contributed by atoms with Gasteiger partial charge in [-0.1, -0.05) is 16.8 Å². The summed E-state index contributed by atoms with van der Waals surface area (Å²) in [5.41, 5.74) is 1.32.